The highest BCUT2D eigenvalue weighted by Gasteiger charge is 2.37. The fourth-order valence-corrected chi connectivity index (χ4v) is 3.34. The summed E-state index contributed by atoms with van der Waals surface area (Å²) >= 11 is 0. The van der Waals surface area contributed by atoms with Crippen molar-refractivity contribution in [3.8, 4) is 0 Å². The van der Waals surface area contributed by atoms with Gasteiger partial charge in [-0.05, 0) is 26.7 Å². The molecule has 0 saturated carbocycles. The Morgan fingerprint density at radius 2 is 1.68 bits per heavy atom. The highest BCUT2D eigenvalue weighted by molar-refractivity contribution is 5.71. The number of piperazine rings is 1. The molecule has 1 N–H and O–H groups in total. The van der Waals surface area contributed by atoms with E-state index in [9.17, 15) is 9.59 Å². The zero-order valence-electron chi connectivity index (χ0n) is 13.6. The fourth-order valence-electron chi connectivity index (χ4n) is 3.34. The number of amides is 1. The Morgan fingerprint density at radius 3 is 2.18 bits per heavy atom. The minimum Gasteiger partial charge on any atom is -0.465 e. The number of nitrogens with zero attached hydrogens (tertiary/aromatic N) is 3. The molecule has 7 heteroatoms. The number of carboxylic acid groups (broad SMARTS) is 1. The van der Waals surface area contributed by atoms with Gasteiger partial charge in [0, 0.05) is 44.8 Å². The van der Waals surface area contributed by atoms with Crippen molar-refractivity contribution in [3.63, 3.8) is 0 Å². The van der Waals surface area contributed by atoms with Crippen molar-refractivity contribution >= 4 is 12.1 Å². The number of hydrogen-bond donors (Lipinski definition) is 1. The molecule has 0 atom stereocenters. The molecular weight excluding hydrogens is 286 g/mol. The summed E-state index contributed by atoms with van der Waals surface area (Å²) in [6, 6.07) is 0. The van der Waals surface area contributed by atoms with Crippen molar-refractivity contribution in [2.75, 3.05) is 52.4 Å². The molecule has 0 bridgehead atoms. The van der Waals surface area contributed by atoms with Crippen molar-refractivity contribution in [2.24, 2.45) is 0 Å². The van der Waals surface area contributed by atoms with Gasteiger partial charge < -0.3 is 14.7 Å². The second-order valence-electron chi connectivity index (χ2n) is 6.33. The van der Waals surface area contributed by atoms with E-state index in [1.807, 2.05) is 6.92 Å². The molecule has 0 aromatic heterocycles. The molecule has 0 aromatic carbocycles. The molecular formula is C15H27N3O4. The third kappa shape index (κ3) is 4.10. The first kappa shape index (κ1) is 17.0. The number of carbonyl (C=O) groups excluding carboxylic acids is 1. The lowest BCUT2D eigenvalue weighted by molar-refractivity contribution is -0.145. The Hall–Kier alpha value is -1.34. The molecule has 0 aliphatic carbocycles. The molecule has 2 fully saturated rings. The minimum absolute atomic E-state index is 0.107. The lowest BCUT2D eigenvalue weighted by Gasteiger charge is -2.49. The number of carbonyl (C=O) groups is 2. The van der Waals surface area contributed by atoms with Crippen molar-refractivity contribution in [3.05, 3.63) is 0 Å². The molecule has 126 valence electrons. The first-order valence-corrected chi connectivity index (χ1v) is 8.05. The van der Waals surface area contributed by atoms with E-state index in [0.29, 0.717) is 26.2 Å². The zero-order valence-corrected chi connectivity index (χ0v) is 13.6. The average Bonchev–Trinajstić information content (AvgIpc) is 2.50. The Balaban J connectivity index is 1.79. The van der Waals surface area contributed by atoms with Crippen molar-refractivity contribution in [1.29, 1.82) is 0 Å². The van der Waals surface area contributed by atoms with Crippen LogP contribution >= 0.6 is 0 Å². The maximum Gasteiger partial charge on any atom is 0.407 e. The summed E-state index contributed by atoms with van der Waals surface area (Å²) in [5, 5.41) is 9.02. The summed E-state index contributed by atoms with van der Waals surface area (Å²) in [6.07, 6.45) is 1.17. The summed E-state index contributed by atoms with van der Waals surface area (Å²) in [5.74, 6) is -0.152. The van der Waals surface area contributed by atoms with Crippen LogP contribution in [0.15, 0.2) is 0 Å². The van der Waals surface area contributed by atoms with E-state index in [1.165, 1.54) is 4.90 Å². The summed E-state index contributed by atoms with van der Waals surface area (Å²) in [4.78, 5) is 28.6. The van der Waals surface area contributed by atoms with Crippen LogP contribution in [0.4, 0.5) is 4.79 Å². The molecule has 7 nitrogen and oxygen atoms in total. The van der Waals surface area contributed by atoms with Crippen molar-refractivity contribution in [2.45, 2.75) is 32.2 Å². The molecule has 2 aliphatic rings. The van der Waals surface area contributed by atoms with E-state index >= 15 is 0 Å². The van der Waals surface area contributed by atoms with Gasteiger partial charge in [-0.3, -0.25) is 14.6 Å². The van der Waals surface area contributed by atoms with Crippen LogP contribution in [0.2, 0.25) is 0 Å². The summed E-state index contributed by atoms with van der Waals surface area (Å²) < 4.78 is 4.99. The standard InChI is InChI=1S/C15H27N3O4/c1-3-22-13(19)12-16-6-4-15(2,5-7-16)18-10-8-17(9-11-18)14(20)21/h3-12H2,1-2H3,(H,20,21). The van der Waals surface area contributed by atoms with Crippen LogP contribution < -0.4 is 0 Å². The molecule has 2 aliphatic heterocycles. The smallest absolute Gasteiger partial charge is 0.407 e. The van der Waals surface area contributed by atoms with E-state index in [-0.39, 0.29) is 11.5 Å². The van der Waals surface area contributed by atoms with Gasteiger partial charge in [-0.1, -0.05) is 0 Å². The third-order valence-corrected chi connectivity index (χ3v) is 4.90. The number of piperidine rings is 1. The number of hydrogen-bond acceptors (Lipinski definition) is 5. The van der Waals surface area contributed by atoms with Gasteiger partial charge >= 0.3 is 12.1 Å². The first-order chi connectivity index (χ1) is 10.4. The molecule has 0 radical (unpaired) electrons. The second kappa shape index (κ2) is 7.28. The van der Waals surface area contributed by atoms with Crippen molar-refractivity contribution in [1.82, 2.24) is 14.7 Å². The maximum absolute atomic E-state index is 11.5. The van der Waals surface area contributed by atoms with Crippen LogP contribution in [-0.4, -0.2) is 89.8 Å². The maximum atomic E-state index is 11.5. The largest absolute Gasteiger partial charge is 0.465 e. The van der Waals surface area contributed by atoms with Gasteiger partial charge in [0.05, 0.1) is 13.2 Å². The Bertz CT molecular complexity index is 400. The fraction of sp³-hybridized carbons (Fsp3) is 0.867. The minimum atomic E-state index is -0.825. The van der Waals surface area contributed by atoms with Crippen LogP contribution in [0.3, 0.4) is 0 Å². The number of ether oxygens (including phenoxy) is 1. The Morgan fingerprint density at radius 1 is 1.09 bits per heavy atom. The van der Waals surface area contributed by atoms with Gasteiger partial charge in [0.25, 0.3) is 0 Å². The SMILES string of the molecule is CCOC(=O)CN1CCC(C)(N2CCN(C(=O)O)CC2)CC1. The van der Waals surface area contributed by atoms with E-state index in [1.54, 1.807) is 0 Å². The van der Waals surface area contributed by atoms with Gasteiger partial charge in [0.1, 0.15) is 0 Å². The number of rotatable bonds is 4. The molecule has 1 amide bonds. The lowest BCUT2D eigenvalue weighted by Crippen LogP contribution is -2.60. The van der Waals surface area contributed by atoms with E-state index < -0.39 is 6.09 Å². The molecule has 2 heterocycles. The quantitative estimate of drug-likeness (QED) is 0.770. The topological polar surface area (TPSA) is 73.3 Å². The monoisotopic (exact) mass is 313 g/mol. The summed E-state index contributed by atoms with van der Waals surface area (Å²) in [7, 11) is 0. The van der Waals surface area contributed by atoms with E-state index in [4.69, 9.17) is 9.84 Å². The molecule has 2 saturated heterocycles. The van der Waals surface area contributed by atoms with Gasteiger partial charge in [-0.25, -0.2) is 4.79 Å². The van der Waals surface area contributed by atoms with Gasteiger partial charge in [-0.15, -0.1) is 0 Å². The first-order valence-electron chi connectivity index (χ1n) is 8.05. The lowest BCUT2D eigenvalue weighted by atomic mass is 9.87. The average molecular weight is 313 g/mol. The van der Waals surface area contributed by atoms with Crippen LogP contribution in [-0.2, 0) is 9.53 Å². The van der Waals surface area contributed by atoms with Gasteiger partial charge in [0.15, 0.2) is 0 Å². The van der Waals surface area contributed by atoms with E-state index in [0.717, 1.165) is 39.0 Å². The number of esters is 1. The summed E-state index contributed by atoms with van der Waals surface area (Å²) in [6.45, 7) is 9.39. The summed E-state index contributed by atoms with van der Waals surface area (Å²) in [5.41, 5.74) is 0.107. The molecule has 0 aromatic rings. The highest BCUT2D eigenvalue weighted by Crippen LogP contribution is 2.29. The number of likely N-dealkylation sites (tertiary alicyclic amines) is 1. The molecule has 0 spiro atoms. The highest BCUT2D eigenvalue weighted by atomic mass is 16.5. The van der Waals surface area contributed by atoms with E-state index in [2.05, 4.69) is 16.7 Å². The Kier molecular flexibility index (Phi) is 5.63. The molecule has 0 unspecified atom stereocenters. The zero-order chi connectivity index (χ0) is 16.2. The van der Waals surface area contributed by atoms with Crippen LogP contribution in [0, 0.1) is 0 Å². The van der Waals surface area contributed by atoms with Crippen LogP contribution in [0.1, 0.15) is 26.7 Å². The van der Waals surface area contributed by atoms with Crippen molar-refractivity contribution < 1.29 is 19.4 Å². The molecule has 2 rings (SSSR count). The third-order valence-electron chi connectivity index (χ3n) is 4.90. The predicted molar refractivity (Wildman–Crippen MR) is 81.9 cm³/mol. The van der Waals surface area contributed by atoms with Crippen LogP contribution in [0.5, 0.6) is 0 Å². The predicted octanol–water partition coefficient (Wildman–Crippen LogP) is 0.700. The van der Waals surface area contributed by atoms with Crippen LogP contribution in [0.25, 0.3) is 0 Å². The van der Waals surface area contributed by atoms with Gasteiger partial charge in [0.2, 0.25) is 0 Å². The normalized spacial score (nSPS) is 23.3. The second-order valence-corrected chi connectivity index (χ2v) is 6.33. The van der Waals surface area contributed by atoms with Gasteiger partial charge in [-0.2, -0.15) is 0 Å². The Labute approximate surface area is 131 Å². The molecule has 22 heavy (non-hydrogen) atoms.